The fourth-order valence-corrected chi connectivity index (χ4v) is 11.3. The first-order valence-electron chi connectivity index (χ1n) is 27.7. The molecule has 4 aliphatic heterocycles. The van der Waals surface area contributed by atoms with E-state index >= 15 is 0 Å². The first-order chi connectivity index (χ1) is 39.7. The van der Waals surface area contributed by atoms with Gasteiger partial charge in [-0.1, -0.05) is 111 Å². The van der Waals surface area contributed by atoms with Gasteiger partial charge in [0.05, 0.1) is 68.1 Å². The molecule has 0 aromatic heterocycles. The van der Waals surface area contributed by atoms with Crippen LogP contribution in [0.15, 0.2) is 144 Å². The average Bonchev–Trinajstić information content (AvgIpc) is 3.37. The highest BCUT2D eigenvalue weighted by Crippen LogP contribution is 2.45. The number of amides is 4. The largest absolute Gasteiger partial charge is 0.493 e. The summed E-state index contributed by atoms with van der Waals surface area (Å²) in [7, 11) is 3.05. The molecule has 6 aromatic rings. The monoisotopic (exact) mass is 1100 g/mol. The molecule has 16 nitrogen and oxygen atoms in total. The second-order valence-electron chi connectivity index (χ2n) is 21.6. The molecular weight excluding hydrogens is 1040 g/mol. The molecule has 2 N–H and O–H groups in total. The molecule has 0 unspecified atom stereocenters. The van der Waals surface area contributed by atoms with Crippen molar-refractivity contribution in [2.24, 2.45) is 21.8 Å². The quantitative estimate of drug-likeness (QED) is 0.0739. The number of carbonyl (C=O) groups excluding carboxylic acids is 5. The van der Waals surface area contributed by atoms with Crippen molar-refractivity contribution in [3.8, 4) is 34.1 Å². The molecule has 4 amide bonds. The van der Waals surface area contributed by atoms with Crippen LogP contribution in [0.25, 0.3) is 22.3 Å². The zero-order valence-electron chi connectivity index (χ0n) is 46.6. The predicted molar refractivity (Wildman–Crippen MR) is 315 cm³/mol. The molecule has 0 saturated heterocycles. The van der Waals surface area contributed by atoms with Gasteiger partial charge in [0, 0.05) is 80.2 Å². The minimum atomic E-state index is -0.844. The number of aryl methyl sites for hydroxylation is 1. The van der Waals surface area contributed by atoms with Crippen LogP contribution >= 0.6 is 0 Å². The van der Waals surface area contributed by atoms with Crippen LogP contribution in [0.5, 0.6) is 23.0 Å². The van der Waals surface area contributed by atoms with Gasteiger partial charge < -0.3 is 44.1 Å². The fourth-order valence-electron chi connectivity index (χ4n) is 11.3. The molecule has 1 aliphatic carbocycles. The molecule has 11 rings (SSSR count). The van der Waals surface area contributed by atoms with Gasteiger partial charge in [0.15, 0.2) is 28.8 Å². The average molecular weight is 1100 g/mol. The predicted octanol–water partition coefficient (Wildman–Crippen LogP) is 11.9. The molecule has 6 aromatic carbocycles. The topological polar surface area (TPSA) is 187 Å². The van der Waals surface area contributed by atoms with Crippen molar-refractivity contribution in [1.82, 2.24) is 15.1 Å². The molecule has 4 atom stereocenters. The number of anilines is 1. The van der Waals surface area contributed by atoms with E-state index in [4.69, 9.17) is 33.7 Å². The second kappa shape index (κ2) is 23.4. The van der Waals surface area contributed by atoms with Gasteiger partial charge in [0.2, 0.25) is 5.91 Å². The maximum atomic E-state index is 14.2. The van der Waals surface area contributed by atoms with Crippen molar-refractivity contribution in [3.63, 3.8) is 0 Å². The Morgan fingerprint density at radius 3 is 1.63 bits per heavy atom. The SMILES string of the molecule is COc1cc2c(cc1OCCCOc1cc3c(cc1OC)C(=O)N1C=C(c4ccc(NC(=O)[C@H](C)CC(=O)[C@@H](NC(=O)OCC5c6ccccc6-c6ccccc65)C(C)C)cc4)C[C@H]1C=N3)N=C[C@@H]1CC(c3ccc(C)cc3)=CN1C2=O. The number of ketones is 1. The number of alkyl carbamates (subject to hydrolysis) is 1. The van der Waals surface area contributed by atoms with Crippen LogP contribution in [0.1, 0.15) is 101 Å². The van der Waals surface area contributed by atoms with Crippen LogP contribution < -0.4 is 29.6 Å². The molecule has 418 valence electrons. The number of aliphatic imine (C=N–C) groups is 2. The van der Waals surface area contributed by atoms with Crippen LogP contribution in [0.3, 0.4) is 0 Å². The van der Waals surface area contributed by atoms with Crippen molar-refractivity contribution in [3.05, 3.63) is 173 Å². The summed E-state index contributed by atoms with van der Waals surface area (Å²) in [6.45, 7) is 8.08. The van der Waals surface area contributed by atoms with Gasteiger partial charge in [-0.05, 0) is 81.6 Å². The van der Waals surface area contributed by atoms with Gasteiger partial charge in [-0.3, -0.25) is 29.2 Å². The fraction of sp³-hybridized carbons (Fsp3) is 0.288. The van der Waals surface area contributed by atoms with E-state index in [1.807, 2.05) is 87.9 Å². The zero-order chi connectivity index (χ0) is 57.2. The van der Waals surface area contributed by atoms with E-state index < -0.39 is 18.1 Å². The molecule has 4 heterocycles. The maximum absolute atomic E-state index is 14.2. The number of fused-ring (bicyclic) bond motifs is 7. The Labute approximate surface area is 476 Å². The summed E-state index contributed by atoms with van der Waals surface area (Å²) >= 11 is 0. The van der Waals surface area contributed by atoms with Crippen molar-refractivity contribution >= 4 is 70.2 Å². The van der Waals surface area contributed by atoms with Crippen LogP contribution in [0.4, 0.5) is 21.9 Å². The summed E-state index contributed by atoms with van der Waals surface area (Å²) in [5.74, 6) is -0.370. The van der Waals surface area contributed by atoms with Crippen LogP contribution in [-0.4, -0.2) is 104 Å². The van der Waals surface area contributed by atoms with Gasteiger partial charge in [0.1, 0.15) is 6.61 Å². The number of ether oxygens (including phenoxy) is 5. The summed E-state index contributed by atoms with van der Waals surface area (Å²) in [5.41, 5.74) is 11.8. The molecule has 82 heavy (non-hydrogen) atoms. The lowest BCUT2D eigenvalue weighted by Gasteiger charge is -2.23. The molecule has 16 heteroatoms. The zero-order valence-corrected chi connectivity index (χ0v) is 46.6. The van der Waals surface area contributed by atoms with Crippen molar-refractivity contribution in [1.29, 1.82) is 0 Å². The number of hydrogen-bond acceptors (Lipinski definition) is 12. The molecular formula is C66H64N6O10. The van der Waals surface area contributed by atoms with Crippen molar-refractivity contribution in [2.75, 3.05) is 39.4 Å². The third kappa shape index (κ3) is 11.1. The Hall–Kier alpha value is -9.31. The molecule has 0 radical (unpaired) electrons. The summed E-state index contributed by atoms with van der Waals surface area (Å²) in [5, 5.41) is 5.70. The Balaban J connectivity index is 0.656. The van der Waals surface area contributed by atoms with Gasteiger partial charge in [-0.2, -0.15) is 0 Å². The lowest BCUT2D eigenvalue weighted by Crippen LogP contribution is -2.45. The van der Waals surface area contributed by atoms with Crippen LogP contribution in [0.2, 0.25) is 0 Å². The molecule has 0 spiro atoms. The van der Waals surface area contributed by atoms with Crippen LogP contribution in [-0.2, 0) is 14.3 Å². The number of Topliss-reactive ketones (excluding diaryl/α,β-unsaturated/α-hetero) is 1. The molecule has 0 bridgehead atoms. The lowest BCUT2D eigenvalue weighted by molar-refractivity contribution is -0.127. The first-order valence-corrected chi connectivity index (χ1v) is 27.7. The third-order valence-corrected chi connectivity index (χ3v) is 15.8. The summed E-state index contributed by atoms with van der Waals surface area (Å²) in [6.07, 6.45) is 8.23. The minimum Gasteiger partial charge on any atom is -0.493 e. The Morgan fingerprint density at radius 2 is 1.13 bits per heavy atom. The molecule has 5 aliphatic rings. The van der Waals surface area contributed by atoms with E-state index in [0.29, 0.717) is 70.4 Å². The Kier molecular flexibility index (Phi) is 15.6. The van der Waals surface area contributed by atoms with E-state index in [1.165, 1.54) is 19.8 Å². The Morgan fingerprint density at radius 1 is 0.634 bits per heavy atom. The normalized spacial score (nSPS) is 17.2. The lowest BCUT2D eigenvalue weighted by atomic mass is 9.93. The summed E-state index contributed by atoms with van der Waals surface area (Å²) < 4.78 is 29.5. The summed E-state index contributed by atoms with van der Waals surface area (Å²) in [6, 6.07) is 37.2. The van der Waals surface area contributed by atoms with E-state index in [2.05, 4.69) is 47.0 Å². The minimum absolute atomic E-state index is 0.0829. The summed E-state index contributed by atoms with van der Waals surface area (Å²) in [4.78, 5) is 81.1. The maximum Gasteiger partial charge on any atom is 0.407 e. The van der Waals surface area contributed by atoms with E-state index in [1.54, 1.807) is 59.3 Å². The van der Waals surface area contributed by atoms with Gasteiger partial charge in [-0.15, -0.1) is 0 Å². The number of benzene rings is 6. The number of nitrogens with one attached hydrogen (secondary N) is 2. The van der Waals surface area contributed by atoms with Crippen LogP contribution in [0, 0.1) is 18.8 Å². The smallest absolute Gasteiger partial charge is 0.407 e. The molecule has 0 fully saturated rings. The third-order valence-electron chi connectivity index (χ3n) is 15.8. The van der Waals surface area contributed by atoms with E-state index in [9.17, 15) is 24.0 Å². The number of rotatable bonds is 19. The highest BCUT2D eigenvalue weighted by molar-refractivity contribution is 6.07. The highest BCUT2D eigenvalue weighted by Gasteiger charge is 2.36. The standard InChI is InChI=1S/C66H64N6O10/c1-38(2)62(70-66(77)82-37-54-50-14-9-7-12-48(50)49-13-8-10-15-51(49)54)57(73)26-40(4)63(74)69-45-22-20-42(21-23-45)44-28-47-34-68-56-32-61(59(79-6)30-53(56)65(76)72(47)36-44)81-25-11-24-80-60-31-55-52(29-58(60)78-5)64(75)71-35-43(27-46(71)33-67-55)41-18-16-39(3)17-19-41/h7-10,12-23,29-36,38,40,46-47,54,62H,11,24-28,37H2,1-6H3,(H,69,74)(H,70,77)/t40-,46+,47+,62+/m1/s1. The molecule has 0 saturated carbocycles. The van der Waals surface area contributed by atoms with Gasteiger partial charge in [0.25, 0.3) is 11.8 Å². The highest BCUT2D eigenvalue weighted by atomic mass is 16.5. The van der Waals surface area contributed by atoms with E-state index in [-0.39, 0.29) is 73.7 Å². The van der Waals surface area contributed by atoms with Crippen molar-refractivity contribution in [2.45, 2.75) is 77.4 Å². The van der Waals surface area contributed by atoms with Crippen molar-refractivity contribution < 1.29 is 47.7 Å². The number of methoxy groups -OCH3 is 2. The number of hydrogen-bond donors (Lipinski definition) is 2. The number of nitrogens with zero attached hydrogens (tertiary/aromatic N) is 4. The number of carbonyl (C=O) groups is 5. The first kappa shape index (κ1) is 54.6. The van der Waals surface area contributed by atoms with Gasteiger partial charge >= 0.3 is 6.09 Å². The Bertz CT molecular complexity index is 3580. The second-order valence-corrected chi connectivity index (χ2v) is 21.6. The van der Waals surface area contributed by atoms with E-state index in [0.717, 1.165) is 44.5 Å². The van der Waals surface area contributed by atoms with Gasteiger partial charge in [-0.25, -0.2) is 4.79 Å².